The Morgan fingerprint density at radius 3 is 2.38 bits per heavy atom. The van der Waals surface area contributed by atoms with Crippen molar-refractivity contribution in [3.05, 3.63) is 47.9 Å². The Kier molecular flexibility index (Phi) is 4.67. The molecule has 0 aliphatic carbocycles. The molecule has 0 bridgehead atoms. The highest BCUT2D eigenvalue weighted by Crippen LogP contribution is 2.37. The zero-order valence-corrected chi connectivity index (χ0v) is 12.1. The summed E-state index contributed by atoms with van der Waals surface area (Å²) in [7, 11) is 0. The van der Waals surface area contributed by atoms with Crippen LogP contribution in [0.4, 0.5) is 27.8 Å². The van der Waals surface area contributed by atoms with Gasteiger partial charge in [-0.25, -0.2) is 4.98 Å². The largest absolute Gasteiger partial charge is 0.499 e. The van der Waals surface area contributed by atoms with Gasteiger partial charge in [-0.05, 0) is 30.7 Å². The Balaban J connectivity index is 2.08. The lowest BCUT2D eigenvalue weighted by Gasteiger charge is -2.19. The van der Waals surface area contributed by atoms with E-state index in [0.717, 1.165) is 12.1 Å². The molecule has 10 heteroatoms. The summed E-state index contributed by atoms with van der Waals surface area (Å²) in [5.41, 5.74) is 0.913. The van der Waals surface area contributed by atoms with Crippen LogP contribution in [0.25, 0.3) is 0 Å². The van der Waals surface area contributed by atoms with Crippen molar-refractivity contribution >= 4 is 11.7 Å². The number of hydrogen-bond donors (Lipinski definition) is 1. The number of nitrogens with one attached hydrogen (secondary N) is 1. The van der Waals surface area contributed by atoms with Gasteiger partial charge in [0.15, 0.2) is 0 Å². The predicted molar refractivity (Wildman–Crippen MR) is 72.8 cm³/mol. The molecule has 2 aromatic rings. The second-order valence-corrected chi connectivity index (χ2v) is 4.64. The van der Waals surface area contributed by atoms with Crippen LogP contribution in [-0.2, 0) is 0 Å². The van der Waals surface area contributed by atoms with Gasteiger partial charge in [0.1, 0.15) is 11.6 Å². The molecule has 0 saturated carbocycles. The van der Waals surface area contributed by atoms with Crippen molar-refractivity contribution < 1.29 is 31.5 Å². The molecule has 0 unspecified atom stereocenters. The molecule has 24 heavy (non-hydrogen) atoms. The monoisotopic (exact) mass is 347 g/mol. The number of aryl methyl sites for hydroxylation is 1. The summed E-state index contributed by atoms with van der Waals surface area (Å²) in [5, 5.41) is 2.36. The first-order chi connectivity index (χ1) is 11.1. The summed E-state index contributed by atoms with van der Waals surface area (Å²) < 4.78 is 65.2. The minimum atomic E-state index is -5.85. The zero-order chi connectivity index (χ0) is 18.0. The summed E-state index contributed by atoms with van der Waals surface area (Å²) >= 11 is 0. The molecule has 0 aliphatic rings. The lowest BCUT2D eigenvalue weighted by molar-refractivity contribution is -0.360. The maximum atomic E-state index is 12.7. The third-order valence-corrected chi connectivity index (χ3v) is 2.84. The molecule has 0 saturated heterocycles. The lowest BCUT2D eigenvalue weighted by atomic mass is 10.1. The van der Waals surface area contributed by atoms with Gasteiger partial charge in [-0.3, -0.25) is 9.78 Å². The van der Waals surface area contributed by atoms with Gasteiger partial charge in [-0.2, -0.15) is 22.0 Å². The fraction of sp³-hybridized carbons (Fsp3) is 0.214. The number of aromatic nitrogens is 2. The summed E-state index contributed by atoms with van der Waals surface area (Å²) in [6.45, 7) is 1.68. The summed E-state index contributed by atoms with van der Waals surface area (Å²) in [5.74, 6) is -1.40. The minimum Gasteiger partial charge on any atom is -0.424 e. The van der Waals surface area contributed by atoms with Gasteiger partial charge in [0.2, 0.25) is 0 Å². The first kappa shape index (κ1) is 17.6. The van der Waals surface area contributed by atoms with E-state index in [1.165, 1.54) is 12.4 Å². The molecule has 0 radical (unpaired) electrons. The number of anilines is 1. The average molecular weight is 347 g/mol. The number of amides is 1. The van der Waals surface area contributed by atoms with Crippen molar-refractivity contribution in [3.63, 3.8) is 0 Å². The molecule has 2 aromatic heterocycles. The highest BCUT2D eigenvalue weighted by molar-refractivity contribution is 6.04. The van der Waals surface area contributed by atoms with E-state index in [2.05, 4.69) is 20.0 Å². The standard InChI is InChI=1S/C14H10F5N3O2/c1-8-4-5-20-7-10(8)12(23)22-11-3-2-9(6-21-11)24-14(18,19)13(15,16)17/h2-7H,1H3,(H,21,22,23). The van der Waals surface area contributed by atoms with Gasteiger partial charge < -0.3 is 10.1 Å². The van der Waals surface area contributed by atoms with Gasteiger partial charge in [0, 0.05) is 12.4 Å². The van der Waals surface area contributed by atoms with Crippen molar-refractivity contribution in [1.82, 2.24) is 9.97 Å². The minimum absolute atomic E-state index is 0.0501. The molecule has 2 heterocycles. The van der Waals surface area contributed by atoms with E-state index in [9.17, 15) is 26.7 Å². The van der Waals surface area contributed by atoms with Crippen LogP contribution in [0, 0.1) is 6.92 Å². The number of halogens is 5. The number of alkyl halides is 5. The van der Waals surface area contributed by atoms with Crippen molar-refractivity contribution in [1.29, 1.82) is 0 Å². The van der Waals surface area contributed by atoms with Crippen LogP contribution in [-0.4, -0.2) is 28.2 Å². The van der Waals surface area contributed by atoms with Crippen molar-refractivity contribution in [2.24, 2.45) is 0 Å². The van der Waals surface area contributed by atoms with Crippen LogP contribution in [0.15, 0.2) is 36.8 Å². The quantitative estimate of drug-likeness (QED) is 0.859. The molecular formula is C14H10F5N3O2. The molecule has 128 valence electrons. The Morgan fingerprint density at radius 2 is 1.83 bits per heavy atom. The van der Waals surface area contributed by atoms with E-state index in [0.29, 0.717) is 11.8 Å². The fourth-order valence-corrected chi connectivity index (χ4v) is 1.61. The summed E-state index contributed by atoms with van der Waals surface area (Å²) in [6.07, 6.45) is -7.72. The first-order valence-corrected chi connectivity index (χ1v) is 6.42. The third-order valence-electron chi connectivity index (χ3n) is 2.84. The average Bonchev–Trinajstić information content (AvgIpc) is 2.48. The van der Waals surface area contributed by atoms with E-state index >= 15 is 0 Å². The molecule has 2 rings (SSSR count). The highest BCUT2D eigenvalue weighted by Gasteiger charge is 2.61. The number of carbonyl (C=O) groups excluding carboxylic acids is 1. The number of carbonyl (C=O) groups is 1. The van der Waals surface area contributed by atoms with Crippen LogP contribution in [0.1, 0.15) is 15.9 Å². The smallest absolute Gasteiger partial charge is 0.424 e. The Morgan fingerprint density at radius 1 is 1.12 bits per heavy atom. The van der Waals surface area contributed by atoms with E-state index < -0.39 is 23.9 Å². The Bertz CT molecular complexity index is 732. The lowest BCUT2D eigenvalue weighted by Crippen LogP contribution is -2.41. The maximum absolute atomic E-state index is 12.7. The molecule has 1 amide bonds. The van der Waals surface area contributed by atoms with E-state index in [1.54, 1.807) is 13.0 Å². The second-order valence-electron chi connectivity index (χ2n) is 4.64. The first-order valence-electron chi connectivity index (χ1n) is 6.42. The molecule has 0 aromatic carbocycles. The normalized spacial score (nSPS) is 11.9. The van der Waals surface area contributed by atoms with Gasteiger partial charge in [-0.15, -0.1) is 0 Å². The summed E-state index contributed by atoms with van der Waals surface area (Å²) in [4.78, 5) is 19.3. The number of pyridine rings is 2. The van der Waals surface area contributed by atoms with E-state index in [4.69, 9.17) is 0 Å². The molecular weight excluding hydrogens is 337 g/mol. The van der Waals surface area contributed by atoms with E-state index in [1.807, 2.05) is 0 Å². The van der Waals surface area contributed by atoms with Gasteiger partial charge in [0.25, 0.3) is 5.91 Å². The number of ether oxygens (including phenoxy) is 1. The van der Waals surface area contributed by atoms with Crippen molar-refractivity contribution in [3.8, 4) is 5.75 Å². The van der Waals surface area contributed by atoms with Crippen LogP contribution in [0.5, 0.6) is 5.75 Å². The van der Waals surface area contributed by atoms with Gasteiger partial charge in [0.05, 0.1) is 11.8 Å². The van der Waals surface area contributed by atoms with Crippen LogP contribution >= 0.6 is 0 Å². The number of nitrogens with zero attached hydrogens (tertiary/aromatic N) is 2. The van der Waals surface area contributed by atoms with Crippen LogP contribution in [0.3, 0.4) is 0 Å². The van der Waals surface area contributed by atoms with Gasteiger partial charge >= 0.3 is 12.3 Å². The maximum Gasteiger partial charge on any atom is 0.499 e. The van der Waals surface area contributed by atoms with Gasteiger partial charge in [-0.1, -0.05) is 0 Å². The number of hydrogen-bond acceptors (Lipinski definition) is 4. The third kappa shape index (κ3) is 3.94. The molecule has 1 N–H and O–H groups in total. The van der Waals surface area contributed by atoms with E-state index in [-0.39, 0.29) is 11.4 Å². The molecule has 0 atom stereocenters. The topological polar surface area (TPSA) is 64.1 Å². The molecule has 0 fully saturated rings. The van der Waals surface area contributed by atoms with Crippen molar-refractivity contribution in [2.75, 3.05) is 5.32 Å². The zero-order valence-electron chi connectivity index (χ0n) is 12.1. The Labute approximate surface area is 132 Å². The fourth-order valence-electron chi connectivity index (χ4n) is 1.61. The molecule has 0 aliphatic heterocycles. The predicted octanol–water partition coefficient (Wildman–Crippen LogP) is 3.57. The van der Waals surface area contributed by atoms with Crippen LogP contribution in [0.2, 0.25) is 0 Å². The summed E-state index contributed by atoms with van der Waals surface area (Å²) in [6, 6.07) is 3.47. The second kappa shape index (κ2) is 6.38. The number of rotatable bonds is 4. The molecule has 5 nitrogen and oxygen atoms in total. The van der Waals surface area contributed by atoms with Crippen LogP contribution < -0.4 is 10.1 Å². The van der Waals surface area contributed by atoms with Crippen molar-refractivity contribution in [2.45, 2.75) is 19.2 Å². The molecule has 0 spiro atoms. The SMILES string of the molecule is Cc1ccncc1C(=O)Nc1ccc(OC(F)(F)C(F)(F)F)cn1. The Hall–Kier alpha value is -2.78. The highest BCUT2D eigenvalue weighted by atomic mass is 19.4.